The van der Waals surface area contributed by atoms with Crippen LogP contribution < -0.4 is 16.4 Å². The van der Waals surface area contributed by atoms with Crippen molar-refractivity contribution in [3.63, 3.8) is 0 Å². The predicted molar refractivity (Wildman–Crippen MR) is 143 cm³/mol. The lowest BCUT2D eigenvalue weighted by Crippen LogP contribution is -2.43. The molecule has 40 heavy (non-hydrogen) atoms. The van der Waals surface area contributed by atoms with E-state index < -0.39 is 17.6 Å². The van der Waals surface area contributed by atoms with E-state index in [-0.39, 0.29) is 35.6 Å². The third-order valence-corrected chi connectivity index (χ3v) is 6.83. The van der Waals surface area contributed by atoms with E-state index in [4.69, 9.17) is 10.7 Å². The zero-order valence-corrected chi connectivity index (χ0v) is 21.6. The lowest BCUT2D eigenvalue weighted by atomic mass is 9.97. The summed E-state index contributed by atoms with van der Waals surface area (Å²) in [5.74, 6) is 0.253. The molecule has 0 spiro atoms. The summed E-state index contributed by atoms with van der Waals surface area (Å²) in [6, 6.07) is 8.09. The molecule has 1 aliphatic rings. The van der Waals surface area contributed by atoms with Gasteiger partial charge >= 0.3 is 6.18 Å². The molecule has 0 bridgehead atoms. The number of benzene rings is 1. The highest BCUT2D eigenvalue weighted by molar-refractivity contribution is 6.04. The number of fused-ring (bicyclic) bond motifs is 1. The maximum absolute atomic E-state index is 13.0. The van der Waals surface area contributed by atoms with E-state index in [0.29, 0.717) is 29.9 Å². The topological polar surface area (TPSA) is 131 Å². The Balaban J connectivity index is 1.42. The van der Waals surface area contributed by atoms with Gasteiger partial charge in [0.2, 0.25) is 5.91 Å². The zero-order chi connectivity index (χ0) is 28.4. The normalized spacial score (nSPS) is 15.8. The van der Waals surface area contributed by atoms with Gasteiger partial charge in [-0.15, -0.1) is 0 Å². The number of aromatic nitrogens is 4. The Bertz CT molecular complexity index is 1550. The smallest absolute Gasteiger partial charge is 0.382 e. The van der Waals surface area contributed by atoms with E-state index in [1.807, 2.05) is 9.30 Å². The Morgan fingerprint density at radius 3 is 2.62 bits per heavy atom. The number of imidazole rings is 1. The molecular weight excluding hydrogens is 525 g/mol. The number of carbonyl (C=O) groups excluding carboxylic acids is 2. The fourth-order valence-electron chi connectivity index (χ4n) is 4.90. The summed E-state index contributed by atoms with van der Waals surface area (Å²) < 4.78 is 40.9. The van der Waals surface area contributed by atoms with Crippen molar-refractivity contribution in [2.45, 2.75) is 24.9 Å². The summed E-state index contributed by atoms with van der Waals surface area (Å²) >= 11 is 0. The van der Waals surface area contributed by atoms with Crippen LogP contribution in [0.3, 0.4) is 0 Å². The summed E-state index contributed by atoms with van der Waals surface area (Å²) in [6.45, 7) is 1.49. The predicted octanol–water partition coefficient (Wildman–Crippen LogP) is 3.57. The SMILES string of the molecule is CNCC(=O)N1CCCC(c2nc(-c3ccc(C(=O)Nc4cc(C(F)(F)F)ccn4)cc3)c3c(N)nccn23)C1. The van der Waals surface area contributed by atoms with Crippen LogP contribution in [0.2, 0.25) is 0 Å². The number of likely N-dealkylation sites (N-methyl/N-ethyl adjacent to an activating group) is 1. The van der Waals surface area contributed by atoms with Crippen molar-refractivity contribution in [3.05, 3.63) is 71.9 Å². The second-order valence-corrected chi connectivity index (χ2v) is 9.52. The maximum atomic E-state index is 13.0. The van der Waals surface area contributed by atoms with E-state index in [0.717, 1.165) is 37.0 Å². The van der Waals surface area contributed by atoms with Crippen molar-refractivity contribution in [1.82, 2.24) is 29.6 Å². The van der Waals surface area contributed by atoms with Crippen molar-refractivity contribution in [2.24, 2.45) is 0 Å². The van der Waals surface area contributed by atoms with Gasteiger partial charge in [0.1, 0.15) is 28.7 Å². The molecule has 13 heteroatoms. The minimum absolute atomic E-state index is 0.0115. The average Bonchev–Trinajstić information content (AvgIpc) is 3.34. The standard InChI is InChI=1S/C27H27F3N8O2/c1-32-14-21(39)37-11-2-3-18(15-37)25-36-22(23-24(31)34-10-12-38(23)25)16-4-6-17(7-5-16)26(40)35-20-13-19(8-9-33-20)27(28,29)30/h4-10,12-13,18,32H,2-3,11,14-15H2,1H3,(H2,31,34)(H,33,35,40). The van der Waals surface area contributed by atoms with Crippen molar-refractivity contribution < 1.29 is 22.8 Å². The van der Waals surface area contributed by atoms with Gasteiger partial charge in [-0.2, -0.15) is 13.2 Å². The molecule has 3 aromatic heterocycles. The minimum Gasteiger partial charge on any atom is -0.382 e. The molecule has 1 atom stereocenters. The first-order valence-electron chi connectivity index (χ1n) is 12.7. The van der Waals surface area contributed by atoms with Crippen LogP contribution in [0.15, 0.2) is 55.0 Å². The second-order valence-electron chi connectivity index (χ2n) is 9.52. The van der Waals surface area contributed by atoms with E-state index in [1.54, 1.807) is 43.7 Å². The summed E-state index contributed by atoms with van der Waals surface area (Å²) in [6.07, 6.45) is 1.52. The number of nitrogens with zero attached hydrogens (tertiary/aromatic N) is 5. The first-order chi connectivity index (χ1) is 19.2. The number of piperidine rings is 1. The molecule has 1 unspecified atom stereocenters. The number of amides is 2. The first-order valence-corrected chi connectivity index (χ1v) is 12.7. The number of nitrogens with one attached hydrogen (secondary N) is 2. The Morgan fingerprint density at radius 2 is 1.90 bits per heavy atom. The number of nitrogen functional groups attached to an aromatic ring is 1. The Labute approximate surface area is 227 Å². The third kappa shape index (κ3) is 5.45. The van der Waals surface area contributed by atoms with E-state index in [2.05, 4.69) is 20.6 Å². The number of nitrogens with two attached hydrogens (primary N) is 1. The molecule has 0 saturated carbocycles. The van der Waals surface area contributed by atoms with Crippen LogP contribution in [0.1, 0.15) is 40.5 Å². The molecule has 1 saturated heterocycles. The minimum atomic E-state index is -4.55. The highest BCUT2D eigenvalue weighted by Gasteiger charge is 2.31. The average molecular weight is 553 g/mol. The van der Waals surface area contributed by atoms with Crippen LogP contribution in [0.5, 0.6) is 0 Å². The summed E-state index contributed by atoms with van der Waals surface area (Å²) in [5.41, 5.74) is 7.45. The number of alkyl halides is 3. The molecule has 4 aromatic rings. The van der Waals surface area contributed by atoms with E-state index in [1.165, 1.54) is 0 Å². The van der Waals surface area contributed by atoms with Gasteiger partial charge in [-0.05, 0) is 44.2 Å². The number of pyridine rings is 1. The Kier molecular flexibility index (Phi) is 7.39. The summed E-state index contributed by atoms with van der Waals surface area (Å²) in [5, 5.41) is 5.30. The van der Waals surface area contributed by atoms with Crippen LogP contribution in [0.4, 0.5) is 24.8 Å². The molecule has 0 aliphatic carbocycles. The summed E-state index contributed by atoms with van der Waals surface area (Å²) in [7, 11) is 1.74. The highest BCUT2D eigenvalue weighted by Crippen LogP contribution is 2.34. The number of hydrogen-bond donors (Lipinski definition) is 3. The Hall–Kier alpha value is -4.52. The van der Waals surface area contributed by atoms with Crippen LogP contribution in [-0.4, -0.2) is 62.7 Å². The molecular formula is C27H27F3N8O2. The van der Waals surface area contributed by atoms with Crippen LogP contribution in [0, 0.1) is 0 Å². The first kappa shape index (κ1) is 27.1. The molecule has 208 valence electrons. The van der Waals surface area contributed by atoms with Gasteiger partial charge in [-0.3, -0.25) is 14.0 Å². The zero-order valence-electron chi connectivity index (χ0n) is 21.6. The number of rotatable bonds is 6. The largest absolute Gasteiger partial charge is 0.416 e. The fourth-order valence-corrected chi connectivity index (χ4v) is 4.90. The van der Waals surface area contributed by atoms with Gasteiger partial charge in [0.05, 0.1) is 12.1 Å². The van der Waals surface area contributed by atoms with Crippen molar-refractivity contribution in [3.8, 4) is 11.3 Å². The number of halogens is 3. The molecule has 1 fully saturated rings. The molecule has 10 nitrogen and oxygen atoms in total. The number of likely N-dealkylation sites (tertiary alicyclic amines) is 1. The number of carbonyl (C=O) groups is 2. The lowest BCUT2D eigenvalue weighted by molar-refractivity contribution is -0.137. The molecule has 1 aliphatic heterocycles. The van der Waals surface area contributed by atoms with Crippen molar-refractivity contribution >= 4 is 29.0 Å². The van der Waals surface area contributed by atoms with Gasteiger partial charge in [0.15, 0.2) is 0 Å². The van der Waals surface area contributed by atoms with E-state index >= 15 is 0 Å². The molecule has 4 N–H and O–H groups in total. The number of hydrogen-bond acceptors (Lipinski definition) is 7. The van der Waals surface area contributed by atoms with Crippen LogP contribution >= 0.6 is 0 Å². The molecule has 4 heterocycles. The van der Waals surface area contributed by atoms with Crippen LogP contribution in [0.25, 0.3) is 16.8 Å². The van der Waals surface area contributed by atoms with Gasteiger partial charge in [0, 0.05) is 48.7 Å². The quantitative estimate of drug-likeness (QED) is 0.333. The molecule has 5 rings (SSSR count). The van der Waals surface area contributed by atoms with Gasteiger partial charge < -0.3 is 21.3 Å². The number of anilines is 2. The maximum Gasteiger partial charge on any atom is 0.416 e. The van der Waals surface area contributed by atoms with Crippen LogP contribution in [-0.2, 0) is 11.0 Å². The third-order valence-electron chi connectivity index (χ3n) is 6.83. The van der Waals surface area contributed by atoms with Gasteiger partial charge in [-0.25, -0.2) is 15.0 Å². The van der Waals surface area contributed by atoms with E-state index in [9.17, 15) is 22.8 Å². The van der Waals surface area contributed by atoms with Crippen molar-refractivity contribution in [1.29, 1.82) is 0 Å². The van der Waals surface area contributed by atoms with Gasteiger partial charge in [-0.1, -0.05) is 12.1 Å². The summed E-state index contributed by atoms with van der Waals surface area (Å²) in [4.78, 5) is 40.0. The Morgan fingerprint density at radius 1 is 1.12 bits per heavy atom. The molecule has 2 amide bonds. The second kappa shape index (κ2) is 10.9. The fraction of sp³-hybridized carbons (Fsp3) is 0.296. The molecule has 0 radical (unpaired) electrons. The molecule has 1 aromatic carbocycles. The van der Waals surface area contributed by atoms with Crippen molar-refractivity contribution in [2.75, 3.05) is 37.7 Å². The monoisotopic (exact) mass is 552 g/mol. The van der Waals surface area contributed by atoms with Gasteiger partial charge in [0.25, 0.3) is 5.91 Å². The lowest BCUT2D eigenvalue weighted by Gasteiger charge is -2.32. The highest BCUT2D eigenvalue weighted by atomic mass is 19.4.